The van der Waals surface area contributed by atoms with Crippen LogP contribution in [0.5, 0.6) is 0 Å². The van der Waals surface area contributed by atoms with Crippen LogP contribution in [0.1, 0.15) is 40.5 Å². The Morgan fingerprint density at radius 3 is 2.58 bits per heavy atom. The van der Waals surface area contributed by atoms with Gasteiger partial charge in [-0.05, 0) is 24.8 Å². The number of ketones is 1. The molecule has 3 heteroatoms. The Morgan fingerprint density at radius 2 is 2.00 bits per heavy atom. The molecule has 3 nitrogen and oxygen atoms in total. The predicted molar refractivity (Wildman–Crippen MR) is 73.5 cm³/mol. The van der Waals surface area contributed by atoms with Crippen molar-refractivity contribution < 1.29 is 14.3 Å². The Balaban J connectivity index is 2.45. The van der Waals surface area contributed by atoms with Gasteiger partial charge in [0.2, 0.25) is 0 Å². The first kappa shape index (κ1) is 14.0. The highest BCUT2D eigenvalue weighted by Crippen LogP contribution is 2.52. The summed E-state index contributed by atoms with van der Waals surface area (Å²) in [6.07, 6.45) is 7.69. The molecule has 0 amide bonds. The van der Waals surface area contributed by atoms with Crippen molar-refractivity contribution in [2.45, 2.75) is 46.6 Å². The average molecular weight is 262 g/mol. The van der Waals surface area contributed by atoms with E-state index in [2.05, 4.69) is 32.1 Å². The summed E-state index contributed by atoms with van der Waals surface area (Å²) in [5.41, 5.74) is 0.994. The molecule has 0 aromatic rings. The molecule has 2 aliphatic carbocycles. The molecular formula is C16H22O3. The second kappa shape index (κ2) is 4.95. The number of hydrogen-bond acceptors (Lipinski definition) is 3. The van der Waals surface area contributed by atoms with Gasteiger partial charge in [0.1, 0.15) is 11.9 Å². The van der Waals surface area contributed by atoms with Gasteiger partial charge in [-0.2, -0.15) is 0 Å². The van der Waals surface area contributed by atoms with E-state index < -0.39 is 0 Å². The molecule has 0 N–H and O–H groups in total. The number of carbonyl (C=O) groups excluding carboxylic acids is 2. The summed E-state index contributed by atoms with van der Waals surface area (Å²) in [6, 6.07) is 0. The minimum absolute atomic E-state index is 0.113. The van der Waals surface area contributed by atoms with E-state index in [9.17, 15) is 9.59 Å². The van der Waals surface area contributed by atoms with Crippen LogP contribution in [0.3, 0.4) is 0 Å². The van der Waals surface area contributed by atoms with Crippen LogP contribution in [0.4, 0.5) is 0 Å². The molecular weight excluding hydrogens is 240 g/mol. The van der Waals surface area contributed by atoms with Gasteiger partial charge >= 0.3 is 5.97 Å². The summed E-state index contributed by atoms with van der Waals surface area (Å²) in [5.74, 6) is -0.0652. The Morgan fingerprint density at radius 1 is 1.32 bits per heavy atom. The lowest BCUT2D eigenvalue weighted by molar-refractivity contribution is -0.156. The van der Waals surface area contributed by atoms with Crippen molar-refractivity contribution >= 4 is 11.8 Å². The van der Waals surface area contributed by atoms with Crippen LogP contribution in [0.2, 0.25) is 0 Å². The normalized spacial score (nSPS) is 37.3. The van der Waals surface area contributed by atoms with Crippen molar-refractivity contribution in [1.82, 2.24) is 0 Å². The number of fused-ring (bicyclic) bond motifs is 1. The highest BCUT2D eigenvalue weighted by molar-refractivity contribution is 5.81. The molecule has 0 saturated heterocycles. The van der Waals surface area contributed by atoms with Gasteiger partial charge in [-0.1, -0.05) is 32.1 Å². The first-order chi connectivity index (χ1) is 8.87. The number of Topliss-reactive ketones (excluding diaryl/α,β-unsaturated/α-hetero) is 1. The summed E-state index contributed by atoms with van der Waals surface area (Å²) in [4.78, 5) is 23.4. The summed E-state index contributed by atoms with van der Waals surface area (Å²) >= 11 is 0. The summed E-state index contributed by atoms with van der Waals surface area (Å²) in [7, 11) is 0. The van der Waals surface area contributed by atoms with Gasteiger partial charge < -0.3 is 4.74 Å². The second-order valence-corrected chi connectivity index (χ2v) is 5.95. The van der Waals surface area contributed by atoms with E-state index in [1.807, 2.05) is 0 Å². The fraction of sp³-hybridized carbons (Fsp3) is 0.625. The van der Waals surface area contributed by atoms with Crippen LogP contribution in [-0.2, 0) is 14.3 Å². The smallest absolute Gasteiger partial charge is 0.302 e. The third-order valence-corrected chi connectivity index (χ3v) is 4.78. The molecule has 2 aliphatic rings. The van der Waals surface area contributed by atoms with Gasteiger partial charge in [-0.25, -0.2) is 0 Å². The summed E-state index contributed by atoms with van der Waals surface area (Å²) in [6.45, 7) is 7.32. The standard InChI is InChI=1S/C16H22O3/c1-10-6-5-7-13-8-9-14(19-12(3)18)15(11(2)17)16(10,13)4/h5,7-8,10,14-15H,6,9H2,1-4H3/t10-,14-,15-,16+/m0/s1. The largest absolute Gasteiger partial charge is 0.461 e. The van der Waals surface area contributed by atoms with Gasteiger partial charge in [0.15, 0.2) is 0 Å². The van der Waals surface area contributed by atoms with Gasteiger partial charge in [0.25, 0.3) is 0 Å². The molecule has 0 unspecified atom stereocenters. The molecule has 0 spiro atoms. The van der Waals surface area contributed by atoms with Crippen molar-refractivity contribution in [2.24, 2.45) is 17.3 Å². The van der Waals surface area contributed by atoms with Crippen LogP contribution < -0.4 is 0 Å². The zero-order valence-corrected chi connectivity index (χ0v) is 12.1. The van der Waals surface area contributed by atoms with E-state index in [1.54, 1.807) is 6.92 Å². The molecule has 0 fully saturated rings. The van der Waals surface area contributed by atoms with Gasteiger partial charge in [-0.3, -0.25) is 9.59 Å². The average Bonchev–Trinajstić information content (AvgIpc) is 2.29. The Kier molecular flexibility index (Phi) is 3.66. The highest BCUT2D eigenvalue weighted by Gasteiger charge is 2.51. The minimum Gasteiger partial charge on any atom is -0.461 e. The van der Waals surface area contributed by atoms with Crippen molar-refractivity contribution in [2.75, 3.05) is 0 Å². The van der Waals surface area contributed by atoms with Crippen molar-refractivity contribution in [3.8, 4) is 0 Å². The molecule has 0 aliphatic heterocycles. The fourth-order valence-corrected chi connectivity index (χ4v) is 3.66. The van der Waals surface area contributed by atoms with E-state index in [4.69, 9.17) is 4.74 Å². The first-order valence-electron chi connectivity index (χ1n) is 6.92. The monoisotopic (exact) mass is 262 g/mol. The Hall–Kier alpha value is -1.38. The predicted octanol–water partition coefficient (Wildman–Crippen LogP) is 3.06. The van der Waals surface area contributed by atoms with Crippen LogP contribution in [0, 0.1) is 17.3 Å². The zero-order chi connectivity index (χ0) is 14.2. The number of hydrogen-bond donors (Lipinski definition) is 0. The van der Waals surface area contributed by atoms with Gasteiger partial charge in [0.05, 0.1) is 5.92 Å². The van der Waals surface area contributed by atoms with Crippen molar-refractivity contribution in [3.05, 3.63) is 23.8 Å². The maximum absolute atomic E-state index is 12.2. The highest BCUT2D eigenvalue weighted by atomic mass is 16.5. The third kappa shape index (κ3) is 2.26. The molecule has 0 aromatic carbocycles. The van der Waals surface area contributed by atoms with Crippen molar-refractivity contribution in [3.63, 3.8) is 0 Å². The third-order valence-electron chi connectivity index (χ3n) is 4.78. The van der Waals surface area contributed by atoms with E-state index in [0.29, 0.717) is 12.3 Å². The number of allylic oxidation sites excluding steroid dienone is 3. The van der Waals surface area contributed by atoms with Crippen LogP contribution in [-0.4, -0.2) is 17.9 Å². The maximum atomic E-state index is 12.2. The summed E-state index contributed by atoms with van der Waals surface area (Å²) < 4.78 is 5.40. The molecule has 0 saturated carbocycles. The number of rotatable bonds is 2. The second-order valence-electron chi connectivity index (χ2n) is 5.95. The topological polar surface area (TPSA) is 43.4 Å². The lowest BCUT2D eigenvalue weighted by Crippen LogP contribution is -2.49. The van der Waals surface area contributed by atoms with Crippen molar-refractivity contribution in [1.29, 1.82) is 0 Å². The van der Waals surface area contributed by atoms with Gasteiger partial charge in [0, 0.05) is 18.8 Å². The van der Waals surface area contributed by atoms with Crippen LogP contribution >= 0.6 is 0 Å². The molecule has 4 atom stereocenters. The Labute approximate surface area is 114 Å². The molecule has 19 heavy (non-hydrogen) atoms. The SMILES string of the molecule is CC(=O)O[C@H]1CC=C2C=CC[C@H](C)[C@@]2(C)[C@H]1C(C)=O. The number of carbonyl (C=O) groups is 2. The van der Waals surface area contributed by atoms with E-state index in [-0.39, 0.29) is 29.2 Å². The Bertz CT molecular complexity index is 461. The van der Waals surface area contributed by atoms with Gasteiger partial charge in [-0.15, -0.1) is 0 Å². The van der Waals surface area contributed by atoms with E-state index >= 15 is 0 Å². The van der Waals surface area contributed by atoms with Crippen LogP contribution in [0.25, 0.3) is 0 Å². The number of esters is 1. The fourth-order valence-electron chi connectivity index (χ4n) is 3.66. The van der Waals surface area contributed by atoms with Crippen LogP contribution in [0.15, 0.2) is 23.8 Å². The quantitative estimate of drug-likeness (QED) is 0.718. The lowest BCUT2D eigenvalue weighted by Gasteiger charge is -2.49. The maximum Gasteiger partial charge on any atom is 0.302 e. The molecule has 0 bridgehead atoms. The summed E-state index contributed by atoms with van der Waals surface area (Å²) in [5, 5.41) is 0. The minimum atomic E-state index is -0.322. The molecule has 2 rings (SSSR count). The van der Waals surface area contributed by atoms with E-state index in [0.717, 1.165) is 6.42 Å². The molecule has 0 radical (unpaired) electrons. The molecule has 0 heterocycles. The first-order valence-corrected chi connectivity index (χ1v) is 6.92. The van der Waals surface area contributed by atoms with E-state index in [1.165, 1.54) is 12.5 Å². The lowest BCUT2D eigenvalue weighted by atomic mass is 9.56. The zero-order valence-electron chi connectivity index (χ0n) is 12.1. The molecule has 0 aromatic heterocycles. The molecule has 104 valence electrons. The number of ether oxygens (including phenoxy) is 1.